The highest BCUT2D eigenvalue weighted by Crippen LogP contribution is 2.23. The van der Waals surface area contributed by atoms with E-state index in [4.69, 9.17) is 4.74 Å². The Morgan fingerprint density at radius 1 is 1.31 bits per heavy atom. The summed E-state index contributed by atoms with van der Waals surface area (Å²) in [5, 5.41) is 3.04. The van der Waals surface area contributed by atoms with Crippen molar-refractivity contribution in [2.45, 2.75) is 33.8 Å². The highest BCUT2D eigenvalue weighted by atomic mass is 32.1. The van der Waals surface area contributed by atoms with Gasteiger partial charge in [-0.25, -0.2) is 4.98 Å². The first kappa shape index (κ1) is 18.6. The number of carbonyl (C=O) groups excluding carboxylic acids is 1. The number of thiazole rings is 1. The summed E-state index contributed by atoms with van der Waals surface area (Å²) in [5.41, 5.74) is 1.84. The molecule has 2 unspecified atom stereocenters. The van der Waals surface area contributed by atoms with E-state index >= 15 is 0 Å². The number of hydrogen-bond acceptors (Lipinski definition) is 4. The summed E-state index contributed by atoms with van der Waals surface area (Å²) in [7, 11) is 0. The van der Waals surface area contributed by atoms with Crippen LogP contribution in [0.2, 0.25) is 0 Å². The number of benzene rings is 1. The molecule has 1 fully saturated rings. The molecule has 26 heavy (non-hydrogen) atoms. The Hall–Kier alpha value is -2.14. The van der Waals surface area contributed by atoms with Crippen LogP contribution in [-0.2, 0) is 11.4 Å². The molecule has 1 aromatic heterocycles. The number of piperidine rings is 1. The van der Waals surface area contributed by atoms with Crippen LogP contribution < -0.4 is 4.74 Å². The topological polar surface area (TPSA) is 42.4 Å². The van der Waals surface area contributed by atoms with Crippen molar-refractivity contribution < 1.29 is 9.53 Å². The molecule has 0 spiro atoms. The average molecular weight is 371 g/mol. The lowest BCUT2D eigenvalue weighted by Crippen LogP contribution is -2.41. The Kier molecular flexibility index (Phi) is 6.09. The molecule has 2 aromatic rings. The molecule has 0 radical (unpaired) electrons. The van der Waals surface area contributed by atoms with Crippen LogP contribution in [-0.4, -0.2) is 28.9 Å². The van der Waals surface area contributed by atoms with E-state index in [9.17, 15) is 4.79 Å². The van der Waals surface area contributed by atoms with E-state index in [0.29, 0.717) is 18.4 Å². The minimum absolute atomic E-state index is 0.0772. The first-order valence-electron chi connectivity index (χ1n) is 9.11. The number of ether oxygens (including phenoxy) is 1. The second-order valence-electron chi connectivity index (χ2n) is 7.21. The third-order valence-corrected chi connectivity index (χ3v) is 5.37. The summed E-state index contributed by atoms with van der Waals surface area (Å²) < 4.78 is 5.92. The maximum atomic E-state index is 12.5. The molecule has 0 aliphatic carbocycles. The monoisotopic (exact) mass is 370 g/mol. The molecule has 0 saturated carbocycles. The van der Waals surface area contributed by atoms with Gasteiger partial charge in [0.05, 0.1) is 10.7 Å². The molecule has 0 bridgehead atoms. The van der Waals surface area contributed by atoms with Crippen molar-refractivity contribution >= 4 is 23.3 Å². The van der Waals surface area contributed by atoms with Gasteiger partial charge in [-0.3, -0.25) is 4.79 Å². The number of aromatic nitrogens is 1. The molecular formula is C21H26N2O2S. The Balaban J connectivity index is 1.65. The van der Waals surface area contributed by atoms with Crippen molar-refractivity contribution in [3.05, 3.63) is 52.0 Å². The number of hydrogen-bond donors (Lipinski definition) is 0. The number of para-hydroxylation sites is 1. The summed E-state index contributed by atoms with van der Waals surface area (Å²) >= 11 is 1.62. The van der Waals surface area contributed by atoms with E-state index in [1.807, 2.05) is 47.5 Å². The number of rotatable bonds is 5. The van der Waals surface area contributed by atoms with Gasteiger partial charge in [0.15, 0.2) is 0 Å². The van der Waals surface area contributed by atoms with Gasteiger partial charge in [-0.05, 0) is 37.3 Å². The molecular weight excluding hydrogens is 344 g/mol. The third-order valence-electron chi connectivity index (χ3n) is 4.55. The van der Waals surface area contributed by atoms with Crippen LogP contribution in [0.15, 0.2) is 35.7 Å². The Morgan fingerprint density at radius 2 is 2.04 bits per heavy atom. The van der Waals surface area contributed by atoms with Crippen LogP contribution in [0.25, 0.3) is 6.08 Å². The molecule has 138 valence electrons. The first-order valence-corrected chi connectivity index (χ1v) is 9.99. The highest BCUT2D eigenvalue weighted by molar-refractivity contribution is 7.09. The fourth-order valence-corrected chi connectivity index (χ4v) is 4.08. The number of amides is 1. The van der Waals surface area contributed by atoms with Crippen molar-refractivity contribution in [1.82, 2.24) is 9.88 Å². The average Bonchev–Trinajstić information content (AvgIpc) is 3.03. The van der Waals surface area contributed by atoms with Crippen LogP contribution in [0.1, 0.15) is 36.5 Å². The normalized spacial score (nSPS) is 20.5. The molecule has 4 nitrogen and oxygen atoms in total. The molecule has 0 N–H and O–H groups in total. The molecule has 1 aliphatic rings. The predicted octanol–water partition coefficient (Wildman–Crippen LogP) is 4.55. The van der Waals surface area contributed by atoms with Crippen LogP contribution in [0.5, 0.6) is 5.75 Å². The SMILES string of the molecule is Cc1nc(COc2ccccc2C=CC(=O)N2CC(C)CC(C)C2)cs1. The standard InChI is InChI=1S/C21H26N2O2S/c1-15-10-16(2)12-23(11-15)21(24)9-8-18-6-4-5-7-20(18)25-13-19-14-26-17(3)22-19/h4-9,14-16H,10-13H2,1-3H3. The summed E-state index contributed by atoms with van der Waals surface area (Å²) in [6, 6.07) is 7.78. The summed E-state index contributed by atoms with van der Waals surface area (Å²) in [5.74, 6) is 1.97. The zero-order chi connectivity index (χ0) is 18.5. The van der Waals surface area contributed by atoms with Gasteiger partial charge in [0.1, 0.15) is 12.4 Å². The van der Waals surface area contributed by atoms with E-state index in [1.54, 1.807) is 17.4 Å². The summed E-state index contributed by atoms with van der Waals surface area (Å²) in [6.07, 6.45) is 4.72. The van der Waals surface area contributed by atoms with Crippen molar-refractivity contribution in [3.63, 3.8) is 0 Å². The Bertz CT molecular complexity index is 774. The quantitative estimate of drug-likeness (QED) is 0.725. The molecule has 1 aliphatic heterocycles. The summed E-state index contributed by atoms with van der Waals surface area (Å²) in [6.45, 7) is 8.53. The third kappa shape index (κ3) is 4.94. The Morgan fingerprint density at radius 3 is 2.73 bits per heavy atom. The van der Waals surface area contributed by atoms with Gasteiger partial charge in [0.25, 0.3) is 0 Å². The minimum atomic E-state index is 0.0772. The number of nitrogens with zero attached hydrogens (tertiary/aromatic N) is 2. The van der Waals surface area contributed by atoms with Crippen LogP contribution in [0.4, 0.5) is 0 Å². The van der Waals surface area contributed by atoms with E-state index in [2.05, 4.69) is 18.8 Å². The maximum absolute atomic E-state index is 12.5. The largest absolute Gasteiger partial charge is 0.487 e. The van der Waals surface area contributed by atoms with Crippen LogP contribution in [0, 0.1) is 18.8 Å². The molecule has 2 atom stereocenters. The number of aryl methyl sites for hydroxylation is 1. The van der Waals surface area contributed by atoms with Gasteiger partial charge < -0.3 is 9.64 Å². The Labute approximate surface area is 159 Å². The van der Waals surface area contributed by atoms with Gasteiger partial charge in [-0.1, -0.05) is 32.0 Å². The molecule has 1 aromatic carbocycles. The fraction of sp³-hybridized carbons (Fsp3) is 0.429. The van der Waals surface area contributed by atoms with Crippen LogP contribution in [0.3, 0.4) is 0 Å². The smallest absolute Gasteiger partial charge is 0.246 e. The van der Waals surface area contributed by atoms with Gasteiger partial charge in [0.2, 0.25) is 5.91 Å². The molecule has 3 rings (SSSR count). The lowest BCUT2D eigenvalue weighted by Gasteiger charge is -2.34. The van der Waals surface area contributed by atoms with Gasteiger partial charge >= 0.3 is 0 Å². The van der Waals surface area contributed by atoms with Gasteiger partial charge in [0, 0.05) is 30.1 Å². The lowest BCUT2D eigenvalue weighted by atomic mass is 9.92. The lowest BCUT2D eigenvalue weighted by molar-refractivity contribution is -0.128. The predicted molar refractivity (Wildman–Crippen MR) is 106 cm³/mol. The zero-order valence-corrected chi connectivity index (χ0v) is 16.5. The van der Waals surface area contributed by atoms with Crippen molar-refractivity contribution in [2.75, 3.05) is 13.1 Å². The molecule has 1 amide bonds. The van der Waals surface area contributed by atoms with Crippen molar-refractivity contribution in [2.24, 2.45) is 11.8 Å². The van der Waals surface area contributed by atoms with E-state index in [0.717, 1.165) is 35.1 Å². The van der Waals surface area contributed by atoms with Crippen molar-refractivity contribution in [1.29, 1.82) is 0 Å². The van der Waals surface area contributed by atoms with E-state index in [1.165, 1.54) is 6.42 Å². The molecule has 1 saturated heterocycles. The summed E-state index contributed by atoms with van der Waals surface area (Å²) in [4.78, 5) is 18.9. The first-order chi connectivity index (χ1) is 12.5. The fourth-order valence-electron chi connectivity index (χ4n) is 3.49. The second-order valence-corrected chi connectivity index (χ2v) is 8.27. The van der Waals surface area contributed by atoms with Gasteiger partial charge in [-0.2, -0.15) is 0 Å². The second kappa shape index (κ2) is 8.49. The zero-order valence-electron chi connectivity index (χ0n) is 15.6. The maximum Gasteiger partial charge on any atom is 0.246 e. The minimum Gasteiger partial charge on any atom is -0.487 e. The number of likely N-dealkylation sites (tertiary alicyclic amines) is 1. The van der Waals surface area contributed by atoms with Crippen LogP contribution >= 0.6 is 11.3 Å². The van der Waals surface area contributed by atoms with E-state index in [-0.39, 0.29) is 5.91 Å². The van der Waals surface area contributed by atoms with Crippen molar-refractivity contribution in [3.8, 4) is 5.75 Å². The van der Waals surface area contributed by atoms with Gasteiger partial charge in [-0.15, -0.1) is 11.3 Å². The highest BCUT2D eigenvalue weighted by Gasteiger charge is 2.24. The molecule has 2 heterocycles. The number of carbonyl (C=O) groups is 1. The van der Waals surface area contributed by atoms with E-state index < -0.39 is 0 Å². The molecule has 5 heteroatoms.